The number of nitrogen functional groups attached to an aromatic ring is 1. The molecule has 0 saturated carbocycles. The molecule has 0 aliphatic heterocycles. The van der Waals surface area contributed by atoms with Crippen LogP contribution in [0.5, 0.6) is 0 Å². The third-order valence-electron chi connectivity index (χ3n) is 2.57. The molecule has 108 valence electrons. The average molecular weight is 379 g/mol. The van der Waals surface area contributed by atoms with Gasteiger partial charge in [0.05, 0.1) is 10.6 Å². The molecule has 3 N–H and O–H groups in total. The van der Waals surface area contributed by atoms with Crippen LogP contribution < -0.4 is 10.5 Å². The highest BCUT2D eigenvalue weighted by Gasteiger charge is 2.19. The zero-order valence-corrected chi connectivity index (χ0v) is 13.7. The Balaban J connectivity index is 2.24. The Morgan fingerprint density at radius 3 is 2.70 bits per heavy atom. The molecule has 8 heteroatoms. The molecule has 0 fully saturated rings. The third-order valence-corrected chi connectivity index (χ3v) is 5.93. The molecule has 2 rings (SSSR count). The van der Waals surface area contributed by atoms with Gasteiger partial charge in [-0.3, -0.25) is 0 Å². The fourth-order valence-corrected chi connectivity index (χ4v) is 4.55. The molecule has 0 amide bonds. The van der Waals surface area contributed by atoms with Crippen LogP contribution in [0.4, 0.5) is 10.1 Å². The van der Waals surface area contributed by atoms with Crippen LogP contribution in [0.3, 0.4) is 0 Å². The molecule has 4 nitrogen and oxygen atoms in total. The number of rotatable bonds is 4. The van der Waals surface area contributed by atoms with Crippen molar-refractivity contribution in [2.75, 3.05) is 5.73 Å². The largest absolute Gasteiger partial charge is 0.396 e. The van der Waals surface area contributed by atoms with Gasteiger partial charge in [0.25, 0.3) is 0 Å². The van der Waals surface area contributed by atoms with E-state index in [1.165, 1.54) is 11.3 Å². The minimum Gasteiger partial charge on any atom is -0.396 e. The van der Waals surface area contributed by atoms with Gasteiger partial charge in [0.15, 0.2) is 0 Å². The topological polar surface area (TPSA) is 72.2 Å². The molecular formula is C12H12BrFN2O2S2. The van der Waals surface area contributed by atoms with E-state index in [0.29, 0.717) is 0 Å². The van der Waals surface area contributed by atoms with Gasteiger partial charge < -0.3 is 5.73 Å². The second-order valence-corrected chi connectivity index (χ2v) is 8.10. The first-order chi connectivity index (χ1) is 9.29. The van der Waals surface area contributed by atoms with E-state index in [4.69, 9.17) is 5.73 Å². The lowest BCUT2D eigenvalue weighted by Crippen LogP contribution is -2.23. The van der Waals surface area contributed by atoms with Gasteiger partial charge in [-0.1, -0.05) is 0 Å². The van der Waals surface area contributed by atoms with E-state index < -0.39 is 15.8 Å². The van der Waals surface area contributed by atoms with Crippen molar-refractivity contribution in [2.24, 2.45) is 0 Å². The molecule has 1 heterocycles. The van der Waals surface area contributed by atoms with E-state index in [0.717, 1.165) is 21.9 Å². The first-order valence-electron chi connectivity index (χ1n) is 5.59. The van der Waals surface area contributed by atoms with Crippen LogP contribution in [0.1, 0.15) is 9.75 Å². The molecule has 1 aromatic heterocycles. The summed E-state index contributed by atoms with van der Waals surface area (Å²) in [5, 5.41) is 0. The van der Waals surface area contributed by atoms with Crippen molar-refractivity contribution >= 4 is 43.0 Å². The molecule has 0 bridgehead atoms. The van der Waals surface area contributed by atoms with Crippen LogP contribution in [-0.4, -0.2) is 8.42 Å². The second kappa shape index (κ2) is 5.80. The summed E-state index contributed by atoms with van der Waals surface area (Å²) < 4.78 is 40.2. The predicted octanol–water partition coefficient (Wildman–Crippen LogP) is 3.02. The molecule has 0 spiro atoms. The SMILES string of the molecule is Cc1ccc(CNS(=O)(=O)c2cc(N)c(F)cc2Br)s1. The number of halogens is 2. The number of nitrogens with two attached hydrogens (primary N) is 1. The van der Waals surface area contributed by atoms with Crippen LogP contribution in [0.2, 0.25) is 0 Å². The van der Waals surface area contributed by atoms with Gasteiger partial charge in [0.1, 0.15) is 5.82 Å². The van der Waals surface area contributed by atoms with E-state index in [9.17, 15) is 12.8 Å². The standard InChI is InChI=1S/C12H12BrFN2O2S2/c1-7-2-3-8(19-7)6-16-20(17,18)12-5-11(15)10(14)4-9(12)13/h2-5,16H,6,15H2,1H3. The van der Waals surface area contributed by atoms with Crippen molar-refractivity contribution in [1.29, 1.82) is 0 Å². The van der Waals surface area contributed by atoms with E-state index in [1.807, 2.05) is 19.1 Å². The molecule has 20 heavy (non-hydrogen) atoms. The summed E-state index contributed by atoms with van der Waals surface area (Å²) >= 11 is 4.55. The zero-order valence-electron chi connectivity index (χ0n) is 10.5. The number of sulfonamides is 1. The van der Waals surface area contributed by atoms with Crippen LogP contribution in [0.25, 0.3) is 0 Å². The van der Waals surface area contributed by atoms with Crippen molar-refractivity contribution in [3.8, 4) is 0 Å². The molecular weight excluding hydrogens is 367 g/mol. The Morgan fingerprint density at radius 1 is 1.40 bits per heavy atom. The van der Waals surface area contributed by atoms with Crippen LogP contribution in [0, 0.1) is 12.7 Å². The number of thiophene rings is 1. The average Bonchev–Trinajstić information content (AvgIpc) is 2.77. The van der Waals surface area contributed by atoms with Gasteiger partial charge in [-0.15, -0.1) is 11.3 Å². The monoisotopic (exact) mass is 378 g/mol. The van der Waals surface area contributed by atoms with Crippen molar-refractivity contribution < 1.29 is 12.8 Å². The summed E-state index contributed by atoms with van der Waals surface area (Å²) in [4.78, 5) is 1.92. The van der Waals surface area contributed by atoms with Crippen molar-refractivity contribution in [3.63, 3.8) is 0 Å². The summed E-state index contributed by atoms with van der Waals surface area (Å²) in [6, 6.07) is 5.91. The number of benzene rings is 1. The van der Waals surface area contributed by atoms with Crippen molar-refractivity contribution in [2.45, 2.75) is 18.4 Å². The van der Waals surface area contributed by atoms with Crippen LogP contribution in [0.15, 0.2) is 33.6 Å². The first-order valence-corrected chi connectivity index (χ1v) is 8.68. The minimum absolute atomic E-state index is 0.0790. The summed E-state index contributed by atoms with van der Waals surface area (Å²) in [7, 11) is -3.76. The quantitative estimate of drug-likeness (QED) is 0.803. The highest BCUT2D eigenvalue weighted by molar-refractivity contribution is 9.10. The van der Waals surface area contributed by atoms with Crippen molar-refractivity contribution in [1.82, 2.24) is 4.72 Å². The summed E-state index contributed by atoms with van der Waals surface area (Å²) in [6.07, 6.45) is 0. The molecule has 0 aliphatic carbocycles. The van der Waals surface area contributed by atoms with Gasteiger partial charge in [0, 0.05) is 20.8 Å². The Bertz CT molecular complexity index is 744. The van der Waals surface area contributed by atoms with E-state index in [-0.39, 0.29) is 21.6 Å². The van der Waals surface area contributed by atoms with E-state index in [2.05, 4.69) is 20.7 Å². The van der Waals surface area contributed by atoms with Gasteiger partial charge >= 0.3 is 0 Å². The number of nitrogens with one attached hydrogen (secondary N) is 1. The van der Waals surface area contributed by atoms with E-state index in [1.54, 1.807) is 0 Å². The fourth-order valence-electron chi connectivity index (χ4n) is 1.57. The lowest BCUT2D eigenvalue weighted by Gasteiger charge is -2.09. The number of hydrogen-bond donors (Lipinski definition) is 2. The van der Waals surface area contributed by atoms with Gasteiger partial charge in [-0.2, -0.15) is 0 Å². The zero-order chi connectivity index (χ0) is 14.9. The highest BCUT2D eigenvalue weighted by Crippen LogP contribution is 2.27. The molecule has 0 radical (unpaired) electrons. The molecule has 2 aromatic rings. The molecule has 0 atom stereocenters. The third kappa shape index (κ3) is 3.38. The maximum absolute atomic E-state index is 13.2. The summed E-state index contributed by atoms with van der Waals surface area (Å²) in [6.45, 7) is 2.13. The number of aryl methyl sites for hydroxylation is 1. The lowest BCUT2D eigenvalue weighted by atomic mass is 10.3. The van der Waals surface area contributed by atoms with Gasteiger partial charge in [-0.05, 0) is 47.1 Å². The number of anilines is 1. The normalized spacial score (nSPS) is 11.8. The first kappa shape index (κ1) is 15.4. The fraction of sp³-hybridized carbons (Fsp3) is 0.167. The molecule has 0 aliphatic rings. The Morgan fingerprint density at radius 2 is 2.10 bits per heavy atom. The Labute approximate surface area is 129 Å². The van der Waals surface area contributed by atoms with E-state index >= 15 is 0 Å². The minimum atomic E-state index is -3.76. The Hall–Kier alpha value is -0.960. The molecule has 0 unspecified atom stereocenters. The molecule has 1 aromatic carbocycles. The summed E-state index contributed by atoms with van der Waals surface area (Å²) in [5.41, 5.74) is 5.20. The highest BCUT2D eigenvalue weighted by atomic mass is 79.9. The predicted molar refractivity (Wildman–Crippen MR) is 81.6 cm³/mol. The number of hydrogen-bond acceptors (Lipinski definition) is 4. The van der Waals surface area contributed by atoms with Gasteiger partial charge in [0.2, 0.25) is 10.0 Å². The maximum atomic E-state index is 13.2. The van der Waals surface area contributed by atoms with Crippen LogP contribution >= 0.6 is 27.3 Å². The Kier molecular flexibility index (Phi) is 4.48. The maximum Gasteiger partial charge on any atom is 0.242 e. The van der Waals surface area contributed by atoms with Crippen LogP contribution in [-0.2, 0) is 16.6 Å². The lowest BCUT2D eigenvalue weighted by molar-refractivity contribution is 0.580. The smallest absolute Gasteiger partial charge is 0.242 e. The molecule has 0 saturated heterocycles. The van der Waals surface area contributed by atoms with Crippen molar-refractivity contribution in [3.05, 3.63) is 44.3 Å². The van der Waals surface area contributed by atoms with Gasteiger partial charge in [-0.25, -0.2) is 17.5 Å². The second-order valence-electron chi connectivity index (χ2n) is 4.14. The summed E-state index contributed by atoms with van der Waals surface area (Å²) in [5.74, 6) is -0.662.